The number of fused-ring (bicyclic) bond motifs is 1. The first-order valence-electron chi connectivity index (χ1n) is 6.88. The van der Waals surface area contributed by atoms with Crippen LogP contribution in [-0.2, 0) is 13.1 Å². The van der Waals surface area contributed by atoms with Crippen LogP contribution in [-0.4, -0.2) is 11.9 Å². The van der Waals surface area contributed by atoms with Crippen molar-refractivity contribution in [3.8, 4) is 0 Å². The van der Waals surface area contributed by atoms with E-state index in [1.807, 2.05) is 12.1 Å². The van der Waals surface area contributed by atoms with Crippen molar-refractivity contribution in [2.24, 2.45) is 0 Å². The number of carbonyl (C=O) groups excluding carboxylic acids is 1. The summed E-state index contributed by atoms with van der Waals surface area (Å²) in [5.41, 5.74) is 3.35. The number of amides is 1. The molecular formula is C15H22N2O. The Morgan fingerprint density at radius 1 is 1.33 bits per heavy atom. The van der Waals surface area contributed by atoms with Crippen molar-refractivity contribution >= 4 is 5.91 Å². The summed E-state index contributed by atoms with van der Waals surface area (Å²) in [7, 11) is 0. The number of rotatable bonds is 5. The summed E-state index contributed by atoms with van der Waals surface area (Å²) in [6.45, 7) is 6.07. The van der Waals surface area contributed by atoms with E-state index in [2.05, 4.69) is 30.5 Å². The van der Waals surface area contributed by atoms with E-state index >= 15 is 0 Å². The second-order valence-electron chi connectivity index (χ2n) is 4.95. The maximum atomic E-state index is 12.2. The number of hydrogen-bond acceptors (Lipinski definition) is 2. The van der Waals surface area contributed by atoms with Gasteiger partial charge in [-0.3, -0.25) is 4.79 Å². The summed E-state index contributed by atoms with van der Waals surface area (Å²) in [6, 6.07) is 6.31. The molecule has 1 aliphatic heterocycles. The van der Waals surface area contributed by atoms with Crippen LogP contribution in [0.25, 0.3) is 0 Å². The molecule has 0 aliphatic carbocycles. The van der Waals surface area contributed by atoms with Crippen LogP contribution in [0.15, 0.2) is 18.2 Å². The predicted molar refractivity (Wildman–Crippen MR) is 73.4 cm³/mol. The minimum absolute atomic E-state index is 0.0602. The van der Waals surface area contributed by atoms with E-state index in [1.54, 1.807) is 0 Å². The third-order valence-corrected chi connectivity index (χ3v) is 3.56. The molecule has 2 N–H and O–H groups in total. The van der Waals surface area contributed by atoms with Gasteiger partial charge in [0.05, 0.1) is 0 Å². The van der Waals surface area contributed by atoms with E-state index < -0.39 is 0 Å². The van der Waals surface area contributed by atoms with Gasteiger partial charge in [-0.05, 0) is 36.1 Å². The molecule has 0 saturated carbocycles. The fourth-order valence-electron chi connectivity index (χ4n) is 2.43. The smallest absolute Gasteiger partial charge is 0.251 e. The number of nitrogens with one attached hydrogen (secondary N) is 2. The summed E-state index contributed by atoms with van der Waals surface area (Å²) in [5.74, 6) is 0.0602. The Morgan fingerprint density at radius 3 is 2.83 bits per heavy atom. The zero-order valence-corrected chi connectivity index (χ0v) is 11.3. The van der Waals surface area contributed by atoms with E-state index in [9.17, 15) is 4.79 Å². The molecule has 98 valence electrons. The Kier molecular flexibility index (Phi) is 4.37. The van der Waals surface area contributed by atoms with Crippen LogP contribution >= 0.6 is 0 Å². The van der Waals surface area contributed by atoms with Crippen LogP contribution in [0.1, 0.15) is 54.6 Å². The monoisotopic (exact) mass is 246 g/mol. The fraction of sp³-hybridized carbons (Fsp3) is 0.533. The molecule has 0 aromatic heterocycles. The van der Waals surface area contributed by atoms with Crippen molar-refractivity contribution in [3.63, 3.8) is 0 Å². The highest BCUT2D eigenvalue weighted by molar-refractivity contribution is 5.94. The van der Waals surface area contributed by atoms with E-state index in [1.165, 1.54) is 11.1 Å². The number of carbonyl (C=O) groups is 1. The lowest BCUT2D eigenvalue weighted by Gasteiger charge is -2.16. The van der Waals surface area contributed by atoms with Crippen LogP contribution in [0, 0.1) is 0 Å². The van der Waals surface area contributed by atoms with Gasteiger partial charge in [-0.15, -0.1) is 0 Å². The first kappa shape index (κ1) is 13.1. The van der Waals surface area contributed by atoms with Crippen molar-refractivity contribution in [3.05, 3.63) is 34.9 Å². The quantitative estimate of drug-likeness (QED) is 0.838. The molecule has 1 heterocycles. The first-order chi connectivity index (χ1) is 8.74. The summed E-state index contributed by atoms with van der Waals surface area (Å²) in [6.07, 6.45) is 3.15. The molecule has 1 aromatic rings. The van der Waals surface area contributed by atoms with Gasteiger partial charge in [0.25, 0.3) is 5.91 Å². The van der Waals surface area contributed by atoms with Gasteiger partial charge >= 0.3 is 0 Å². The lowest BCUT2D eigenvalue weighted by atomic mass is 10.0. The van der Waals surface area contributed by atoms with Crippen molar-refractivity contribution < 1.29 is 4.79 Å². The summed E-state index contributed by atoms with van der Waals surface area (Å²) >= 11 is 0. The molecule has 3 nitrogen and oxygen atoms in total. The largest absolute Gasteiger partial charge is 0.349 e. The van der Waals surface area contributed by atoms with Crippen LogP contribution < -0.4 is 10.6 Å². The van der Waals surface area contributed by atoms with Crippen molar-refractivity contribution in [1.29, 1.82) is 0 Å². The third kappa shape index (κ3) is 2.91. The SMILES string of the molecule is CCCC(CC)NC(=O)c1ccc2c(c1)CNC2. The molecule has 1 atom stereocenters. The second-order valence-corrected chi connectivity index (χ2v) is 4.95. The van der Waals surface area contributed by atoms with Crippen molar-refractivity contribution in [1.82, 2.24) is 10.6 Å². The van der Waals surface area contributed by atoms with Crippen LogP contribution in [0.2, 0.25) is 0 Å². The molecule has 1 amide bonds. The second kappa shape index (κ2) is 6.01. The molecule has 0 bridgehead atoms. The highest BCUT2D eigenvalue weighted by Crippen LogP contribution is 2.17. The summed E-state index contributed by atoms with van der Waals surface area (Å²) in [4.78, 5) is 12.2. The van der Waals surface area contributed by atoms with Gasteiger partial charge in [0.15, 0.2) is 0 Å². The molecule has 18 heavy (non-hydrogen) atoms. The van der Waals surface area contributed by atoms with Gasteiger partial charge in [-0.2, -0.15) is 0 Å². The maximum absolute atomic E-state index is 12.2. The Labute approximate surface area is 109 Å². The average molecular weight is 246 g/mol. The Hall–Kier alpha value is -1.35. The Bertz CT molecular complexity index is 429. The highest BCUT2D eigenvalue weighted by Gasteiger charge is 2.15. The van der Waals surface area contributed by atoms with Crippen molar-refractivity contribution in [2.75, 3.05) is 0 Å². The van der Waals surface area contributed by atoms with E-state index in [0.717, 1.165) is 37.9 Å². The van der Waals surface area contributed by atoms with E-state index in [-0.39, 0.29) is 5.91 Å². The van der Waals surface area contributed by atoms with E-state index in [4.69, 9.17) is 0 Å². The zero-order chi connectivity index (χ0) is 13.0. The van der Waals surface area contributed by atoms with Crippen LogP contribution in [0.4, 0.5) is 0 Å². The molecule has 0 spiro atoms. The zero-order valence-electron chi connectivity index (χ0n) is 11.3. The standard InChI is InChI=1S/C15H22N2O/c1-3-5-14(4-2)17-15(18)11-6-7-12-9-16-10-13(12)8-11/h6-8,14,16H,3-5,9-10H2,1-2H3,(H,17,18). The molecule has 2 rings (SSSR count). The fourth-order valence-corrected chi connectivity index (χ4v) is 2.43. The summed E-state index contributed by atoms with van der Waals surface area (Å²) in [5, 5.41) is 6.41. The molecule has 3 heteroatoms. The number of hydrogen-bond donors (Lipinski definition) is 2. The first-order valence-corrected chi connectivity index (χ1v) is 6.88. The van der Waals surface area contributed by atoms with Gasteiger partial charge < -0.3 is 10.6 Å². The lowest BCUT2D eigenvalue weighted by molar-refractivity contribution is 0.0933. The minimum Gasteiger partial charge on any atom is -0.349 e. The maximum Gasteiger partial charge on any atom is 0.251 e. The Morgan fingerprint density at radius 2 is 2.11 bits per heavy atom. The lowest BCUT2D eigenvalue weighted by Crippen LogP contribution is -2.34. The van der Waals surface area contributed by atoms with Gasteiger partial charge in [0.2, 0.25) is 0 Å². The highest BCUT2D eigenvalue weighted by atomic mass is 16.1. The van der Waals surface area contributed by atoms with Gasteiger partial charge in [-0.25, -0.2) is 0 Å². The third-order valence-electron chi connectivity index (χ3n) is 3.56. The number of benzene rings is 1. The molecule has 0 radical (unpaired) electrons. The molecule has 1 unspecified atom stereocenters. The molecule has 0 saturated heterocycles. The average Bonchev–Trinajstić information content (AvgIpc) is 2.85. The van der Waals surface area contributed by atoms with Gasteiger partial charge in [-0.1, -0.05) is 26.3 Å². The summed E-state index contributed by atoms with van der Waals surface area (Å²) < 4.78 is 0. The van der Waals surface area contributed by atoms with Crippen molar-refractivity contribution in [2.45, 2.75) is 52.2 Å². The molecule has 0 fully saturated rings. The van der Waals surface area contributed by atoms with Crippen LogP contribution in [0.5, 0.6) is 0 Å². The molecule has 1 aromatic carbocycles. The predicted octanol–water partition coefficient (Wildman–Crippen LogP) is 2.60. The molecule has 1 aliphatic rings. The normalized spacial score (nSPS) is 15.2. The van der Waals surface area contributed by atoms with Gasteiger partial charge in [0.1, 0.15) is 0 Å². The minimum atomic E-state index is 0.0602. The van der Waals surface area contributed by atoms with Crippen LogP contribution in [0.3, 0.4) is 0 Å². The van der Waals surface area contributed by atoms with E-state index in [0.29, 0.717) is 6.04 Å². The van der Waals surface area contributed by atoms with Gasteiger partial charge in [0, 0.05) is 24.7 Å². The Balaban J connectivity index is 2.04. The topological polar surface area (TPSA) is 41.1 Å². The molecular weight excluding hydrogens is 224 g/mol.